The van der Waals surface area contributed by atoms with Crippen molar-refractivity contribution >= 4 is 15.8 Å². The van der Waals surface area contributed by atoms with E-state index in [1.54, 1.807) is 30.3 Å². The number of para-hydroxylation sites is 1. The van der Waals surface area contributed by atoms with Crippen LogP contribution in [-0.4, -0.2) is 8.42 Å². The molecule has 0 radical (unpaired) electrons. The molecule has 3 rings (SSSR count). The van der Waals surface area contributed by atoms with Gasteiger partial charge in [0, 0.05) is 17.8 Å². The molecular weight excluding hydrogens is 346 g/mol. The average Bonchev–Trinajstić information content (AvgIpc) is 2.64. The van der Waals surface area contributed by atoms with Crippen LogP contribution in [0, 0.1) is 13.8 Å². The van der Waals surface area contributed by atoms with Crippen molar-refractivity contribution in [2.75, 3.05) is 5.32 Å². The van der Waals surface area contributed by atoms with Gasteiger partial charge in [-0.3, -0.25) is 0 Å². The summed E-state index contributed by atoms with van der Waals surface area (Å²) < 4.78 is 30.3. The Kier molecular flexibility index (Phi) is 5.28. The minimum atomic E-state index is -3.86. The molecule has 5 heteroatoms. The molecule has 4 nitrogen and oxygen atoms in total. The molecule has 0 aromatic heterocycles. The zero-order chi connectivity index (χ0) is 18.6. The van der Waals surface area contributed by atoms with E-state index >= 15 is 0 Å². The molecular formula is C21H21NO3S. The van der Waals surface area contributed by atoms with Gasteiger partial charge in [0.25, 0.3) is 0 Å². The van der Waals surface area contributed by atoms with Crippen molar-refractivity contribution < 1.29 is 12.6 Å². The lowest BCUT2D eigenvalue weighted by Gasteiger charge is -2.13. The first-order valence-electron chi connectivity index (χ1n) is 8.34. The van der Waals surface area contributed by atoms with Crippen LogP contribution >= 0.6 is 0 Å². The predicted octanol–water partition coefficient (Wildman–Crippen LogP) is 4.68. The molecule has 3 aromatic carbocycles. The third kappa shape index (κ3) is 4.24. The average molecular weight is 367 g/mol. The second kappa shape index (κ2) is 7.62. The molecule has 0 heterocycles. The van der Waals surface area contributed by atoms with Crippen molar-refractivity contribution in [1.82, 2.24) is 0 Å². The minimum Gasteiger partial charge on any atom is -0.381 e. The van der Waals surface area contributed by atoms with Crippen LogP contribution in [0.1, 0.15) is 16.7 Å². The molecule has 0 unspecified atom stereocenters. The summed E-state index contributed by atoms with van der Waals surface area (Å²) in [5.74, 6) is 0.327. The molecule has 0 fully saturated rings. The van der Waals surface area contributed by atoms with Gasteiger partial charge >= 0.3 is 10.1 Å². The highest BCUT2D eigenvalue weighted by Gasteiger charge is 2.17. The minimum absolute atomic E-state index is 0.136. The van der Waals surface area contributed by atoms with Gasteiger partial charge in [0.2, 0.25) is 0 Å². The summed E-state index contributed by atoms with van der Waals surface area (Å²) in [6.45, 7) is 4.59. The zero-order valence-corrected chi connectivity index (χ0v) is 15.6. The van der Waals surface area contributed by atoms with Crippen molar-refractivity contribution in [1.29, 1.82) is 0 Å². The van der Waals surface area contributed by atoms with Gasteiger partial charge < -0.3 is 9.50 Å². The Morgan fingerprint density at radius 2 is 1.54 bits per heavy atom. The van der Waals surface area contributed by atoms with Crippen LogP contribution in [-0.2, 0) is 16.7 Å². The molecule has 3 aromatic rings. The summed E-state index contributed by atoms with van der Waals surface area (Å²) >= 11 is 0. The zero-order valence-electron chi connectivity index (χ0n) is 14.8. The van der Waals surface area contributed by atoms with E-state index in [2.05, 4.69) is 31.3 Å². The largest absolute Gasteiger partial charge is 0.381 e. The molecule has 0 aliphatic heterocycles. The molecule has 0 amide bonds. The molecule has 0 bridgehead atoms. The number of nitrogens with one attached hydrogen (secondary N) is 1. The maximum Gasteiger partial charge on any atom is 0.339 e. The van der Waals surface area contributed by atoms with Crippen LogP contribution in [0.3, 0.4) is 0 Å². The molecule has 0 aliphatic carbocycles. The Morgan fingerprint density at radius 3 is 2.27 bits per heavy atom. The molecule has 0 saturated carbocycles. The summed E-state index contributed by atoms with van der Waals surface area (Å²) in [4.78, 5) is 0.136. The standard InChI is InChI=1S/C21H21NO3S/c1-16-12-13-19(14-17(16)2)22-15-18-8-6-7-11-21(18)25-26(23,24)20-9-4-3-5-10-20/h3-14,22H,15H2,1-2H3. The monoisotopic (exact) mass is 367 g/mol. The smallest absolute Gasteiger partial charge is 0.339 e. The summed E-state index contributed by atoms with van der Waals surface area (Å²) in [5.41, 5.74) is 4.18. The SMILES string of the molecule is Cc1ccc(NCc2ccccc2OS(=O)(=O)c2ccccc2)cc1C. The van der Waals surface area contributed by atoms with E-state index in [-0.39, 0.29) is 4.90 Å². The number of rotatable bonds is 6. The first kappa shape index (κ1) is 18.0. The van der Waals surface area contributed by atoms with Crippen LogP contribution in [0.15, 0.2) is 77.7 Å². The number of aryl methyl sites for hydroxylation is 2. The van der Waals surface area contributed by atoms with E-state index in [0.29, 0.717) is 12.3 Å². The lowest BCUT2D eigenvalue weighted by molar-refractivity contribution is 0.483. The van der Waals surface area contributed by atoms with Gasteiger partial charge in [-0.1, -0.05) is 42.5 Å². The molecule has 0 spiro atoms. The molecule has 26 heavy (non-hydrogen) atoms. The lowest BCUT2D eigenvalue weighted by Crippen LogP contribution is -2.12. The van der Waals surface area contributed by atoms with Crippen LogP contribution in [0.25, 0.3) is 0 Å². The van der Waals surface area contributed by atoms with Crippen LogP contribution < -0.4 is 9.50 Å². The summed E-state index contributed by atoms with van der Waals surface area (Å²) in [7, 11) is -3.86. The molecule has 0 saturated heterocycles. The number of hydrogen-bond acceptors (Lipinski definition) is 4. The van der Waals surface area contributed by atoms with Gasteiger partial charge in [0.1, 0.15) is 10.6 Å². The first-order valence-corrected chi connectivity index (χ1v) is 9.75. The van der Waals surface area contributed by atoms with E-state index in [1.807, 2.05) is 18.2 Å². The maximum absolute atomic E-state index is 12.5. The van der Waals surface area contributed by atoms with E-state index in [1.165, 1.54) is 23.3 Å². The fourth-order valence-corrected chi connectivity index (χ4v) is 3.52. The van der Waals surface area contributed by atoms with E-state index in [4.69, 9.17) is 4.18 Å². The highest BCUT2D eigenvalue weighted by molar-refractivity contribution is 7.87. The van der Waals surface area contributed by atoms with E-state index < -0.39 is 10.1 Å². The van der Waals surface area contributed by atoms with Crippen molar-refractivity contribution in [3.8, 4) is 5.75 Å². The van der Waals surface area contributed by atoms with Crippen LogP contribution in [0.2, 0.25) is 0 Å². The topological polar surface area (TPSA) is 55.4 Å². The Hall–Kier alpha value is -2.79. The fraction of sp³-hybridized carbons (Fsp3) is 0.143. The quantitative estimate of drug-likeness (QED) is 0.643. The Labute approximate surface area is 154 Å². The lowest BCUT2D eigenvalue weighted by atomic mass is 10.1. The van der Waals surface area contributed by atoms with E-state index in [0.717, 1.165) is 11.3 Å². The van der Waals surface area contributed by atoms with Crippen molar-refractivity contribution in [2.45, 2.75) is 25.3 Å². The second-order valence-corrected chi connectivity index (χ2v) is 7.66. The maximum atomic E-state index is 12.5. The summed E-state index contributed by atoms with van der Waals surface area (Å²) in [5, 5.41) is 3.32. The third-order valence-corrected chi connectivity index (χ3v) is 5.44. The number of hydrogen-bond donors (Lipinski definition) is 1. The second-order valence-electron chi connectivity index (χ2n) is 6.11. The van der Waals surface area contributed by atoms with Crippen molar-refractivity contribution in [3.63, 3.8) is 0 Å². The highest BCUT2D eigenvalue weighted by atomic mass is 32.2. The molecule has 0 atom stereocenters. The van der Waals surface area contributed by atoms with Crippen molar-refractivity contribution in [2.24, 2.45) is 0 Å². The third-order valence-electron chi connectivity index (χ3n) is 4.19. The predicted molar refractivity (Wildman–Crippen MR) is 104 cm³/mol. The number of benzene rings is 3. The molecule has 1 N–H and O–H groups in total. The summed E-state index contributed by atoms with van der Waals surface area (Å²) in [6.07, 6.45) is 0. The highest BCUT2D eigenvalue weighted by Crippen LogP contribution is 2.24. The Balaban J connectivity index is 1.79. The van der Waals surface area contributed by atoms with E-state index in [9.17, 15) is 8.42 Å². The van der Waals surface area contributed by atoms with Gasteiger partial charge in [-0.2, -0.15) is 8.42 Å². The van der Waals surface area contributed by atoms with Crippen LogP contribution in [0.5, 0.6) is 5.75 Å². The Morgan fingerprint density at radius 1 is 0.846 bits per heavy atom. The summed E-state index contributed by atoms with van der Waals surface area (Å²) in [6, 6.07) is 21.4. The normalized spacial score (nSPS) is 11.2. The van der Waals surface area contributed by atoms with Crippen LogP contribution in [0.4, 0.5) is 5.69 Å². The van der Waals surface area contributed by atoms with Gasteiger partial charge in [-0.05, 0) is 55.3 Å². The van der Waals surface area contributed by atoms with Crippen molar-refractivity contribution in [3.05, 3.63) is 89.5 Å². The molecule has 134 valence electrons. The van der Waals surface area contributed by atoms with Gasteiger partial charge in [-0.25, -0.2) is 0 Å². The number of anilines is 1. The fourth-order valence-electron chi connectivity index (χ4n) is 2.53. The Bertz CT molecular complexity index is 999. The first-order chi connectivity index (χ1) is 12.5. The van der Waals surface area contributed by atoms with Gasteiger partial charge in [-0.15, -0.1) is 0 Å². The van der Waals surface area contributed by atoms with Gasteiger partial charge in [0.05, 0.1) is 0 Å². The molecule has 0 aliphatic rings. The van der Waals surface area contributed by atoms with Gasteiger partial charge in [0.15, 0.2) is 0 Å².